The van der Waals surface area contributed by atoms with Crippen LogP contribution >= 0.6 is 0 Å². The van der Waals surface area contributed by atoms with Gasteiger partial charge in [-0.15, -0.1) is 0 Å². The van der Waals surface area contributed by atoms with Crippen molar-refractivity contribution in [2.75, 3.05) is 6.61 Å². The SMILES string of the molecule is CC(=O)OC/C=C/C(C)[Si](C)(C)c1ccccc1. The minimum Gasteiger partial charge on any atom is -0.462 e. The number of benzene rings is 1. The summed E-state index contributed by atoms with van der Waals surface area (Å²) in [5, 5.41) is 1.45. The molecule has 0 amide bonds. The van der Waals surface area contributed by atoms with E-state index in [1.165, 1.54) is 12.1 Å². The molecule has 18 heavy (non-hydrogen) atoms. The maximum absolute atomic E-state index is 10.7. The van der Waals surface area contributed by atoms with E-state index in [-0.39, 0.29) is 5.97 Å². The van der Waals surface area contributed by atoms with Crippen LogP contribution in [0.5, 0.6) is 0 Å². The summed E-state index contributed by atoms with van der Waals surface area (Å²) < 4.78 is 4.90. The smallest absolute Gasteiger partial charge is 0.302 e. The van der Waals surface area contributed by atoms with Crippen molar-refractivity contribution in [3.05, 3.63) is 42.5 Å². The highest BCUT2D eigenvalue weighted by Crippen LogP contribution is 2.22. The summed E-state index contributed by atoms with van der Waals surface area (Å²) in [7, 11) is -1.49. The number of hydrogen-bond donors (Lipinski definition) is 0. The van der Waals surface area contributed by atoms with Crippen molar-refractivity contribution in [2.24, 2.45) is 0 Å². The summed E-state index contributed by atoms with van der Waals surface area (Å²) in [6.45, 7) is 8.77. The molecule has 0 N–H and O–H groups in total. The van der Waals surface area contributed by atoms with Crippen molar-refractivity contribution in [3.8, 4) is 0 Å². The third kappa shape index (κ3) is 4.15. The molecule has 0 fully saturated rings. The molecule has 1 aromatic rings. The van der Waals surface area contributed by atoms with Gasteiger partial charge >= 0.3 is 5.97 Å². The second-order valence-corrected chi connectivity index (χ2v) is 10.0. The van der Waals surface area contributed by atoms with Crippen LogP contribution in [-0.2, 0) is 9.53 Å². The fourth-order valence-corrected chi connectivity index (χ4v) is 3.99. The van der Waals surface area contributed by atoms with Crippen LogP contribution < -0.4 is 5.19 Å². The van der Waals surface area contributed by atoms with Crippen LogP contribution in [-0.4, -0.2) is 20.7 Å². The van der Waals surface area contributed by atoms with Crippen molar-refractivity contribution >= 4 is 19.2 Å². The number of rotatable bonds is 5. The van der Waals surface area contributed by atoms with Gasteiger partial charge in [0.15, 0.2) is 0 Å². The molecule has 0 spiro atoms. The van der Waals surface area contributed by atoms with Gasteiger partial charge in [-0.3, -0.25) is 4.79 Å². The van der Waals surface area contributed by atoms with Crippen LogP contribution in [0.4, 0.5) is 0 Å². The summed E-state index contributed by atoms with van der Waals surface area (Å²) in [6, 6.07) is 10.7. The van der Waals surface area contributed by atoms with Gasteiger partial charge in [-0.1, -0.05) is 67.7 Å². The second kappa shape index (κ2) is 6.54. The van der Waals surface area contributed by atoms with E-state index in [0.29, 0.717) is 12.1 Å². The fourth-order valence-electron chi connectivity index (χ4n) is 1.80. The predicted molar refractivity (Wildman–Crippen MR) is 78.8 cm³/mol. The topological polar surface area (TPSA) is 26.3 Å². The van der Waals surface area contributed by atoms with Gasteiger partial charge in [-0.05, 0) is 5.54 Å². The first-order valence-electron chi connectivity index (χ1n) is 6.30. The molecule has 0 aliphatic heterocycles. The average molecular weight is 262 g/mol. The first-order valence-corrected chi connectivity index (χ1v) is 9.38. The molecule has 0 radical (unpaired) electrons. The van der Waals surface area contributed by atoms with Gasteiger partial charge in [-0.25, -0.2) is 0 Å². The molecule has 98 valence electrons. The highest BCUT2D eigenvalue weighted by atomic mass is 28.3. The van der Waals surface area contributed by atoms with E-state index in [1.54, 1.807) is 0 Å². The lowest BCUT2D eigenvalue weighted by atomic mass is 10.4. The lowest BCUT2D eigenvalue weighted by molar-refractivity contribution is -0.139. The summed E-state index contributed by atoms with van der Waals surface area (Å²) in [5.41, 5.74) is 0.510. The van der Waals surface area contributed by atoms with Gasteiger partial charge in [-0.2, -0.15) is 0 Å². The number of allylic oxidation sites excluding steroid dienone is 1. The van der Waals surface area contributed by atoms with Crippen LogP contribution in [0, 0.1) is 0 Å². The standard InChI is InChI=1S/C15H22O2Si/c1-13(9-8-12-17-14(2)16)18(3,4)15-10-6-5-7-11-15/h5-11,13H,12H2,1-4H3/b9-8+. The van der Waals surface area contributed by atoms with E-state index in [1.807, 2.05) is 6.08 Å². The zero-order valence-corrected chi connectivity index (χ0v) is 12.6. The number of carbonyl (C=O) groups excluding carboxylic acids is 1. The molecule has 1 unspecified atom stereocenters. The summed E-state index contributed by atoms with van der Waals surface area (Å²) >= 11 is 0. The Morgan fingerprint density at radius 2 is 1.94 bits per heavy atom. The van der Waals surface area contributed by atoms with E-state index in [9.17, 15) is 4.79 Å². The minimum absolute atomic E-state index is 0.230. The summed E-state index contributed by atoms with van der Waals surface area (Å²) in [4.78, 5) is 10.7. The molecule has 0 bridgehead atoms. The zero-order valence-electron chi connectivity index (χ0n) is 11.6. The molecular formula is C15H22O2Si. The van der Waals surface area contributed by atoms with Crippen LogP contribution in [0.25, 0.3) is 0 Å². The molecule has 1 aromatic carbocycles. The van der Waals surface area contributed by atoms with Crippen LogP contribution in [0.3, 0.4) is 0 Å². The Labute approximate surface area is 111 Å². The maximum Gasteiger partial charge on any atom is 0.302 e. The van der Waals surface area contributed by atoms with E-state index >= 15 is 0 Å². The molecular weight excluding hydrogens is 240 g/mol. The number of hydrogen-bond acceptors (Lipinski definition) is 2. The van der Waals surface area contributed by atoms with Gasteiger partial charge in [0, 0.05) is 6.92 Å². The van der Waals surface area contributed by atoms with Gasteiger partial charge in [0.25, 0.3) is 0 Å². The van der Waals surface area contributed by atoms with Gasteiger partial charge in [0.05, 0.1) is 8.07 Å². The van der Waals surface area contributed by atoms with E-state index < -0.39 is 8.07 Å². The van der Waals surface area contributed by atoms with Crippen LogP contribution in [0.15, 0.2) is 42.5 Å². The predicted octanol–water partition coefficient (Wildman–Crippen LogP) is 3.11. The van der Waals surface area contributed by atoms with Gasteiger partial charge in [0.2, 0.25) is 0 Å². The maximum atomic E-state index is 10.7. The fraction of sp³-hybridized carbons (Fsp3) is 0.400. The van der Waals surface area contributed by atoms with Crippen molar-refractivity contribution in [2.45, 2.75) is 32.5 Å². The number of esters is 1. The molecule has 0 heterocycles. The van der Waals surface area contributed by atoms with Crippen LogP contribution in [0.1, 0.15) is 13.8 Å². The molecule has 1 atom stereocenters. The Morgan fingerprint density at radius 1 is 1.33 bits per heavy atom. The van der Waals surface area contributed by atoms with Crippen molar-refractivity contribution in [1.29, 1.82) is 0 Å². The lowest BCUT2D eigenvalue weighted by Gasteiger charge is -2.28. The lowest BCUT2D eigenvalue weighted by Crippen LogP contribution is -2.44. The third-order valence-corrected chi connectivity index (χ3v) is 7.75. The molecule has 0 aliphatic rings. The molecule has 3 heteroatoms. The van der Waals surface area contributed by atoms with E-state index in [0.717, 1.165) is 0 Å². The largest absolute Gasteiger partial charge is 0.462 e. The Balaban J connectivity index is 2.65. The van der Waals surface area contributed by atoms with Crippen molar-refractivity contribution < 1.29 is 9.53 Å². The Hall–Kier alpha value is -1.35. The van der Waals surface area contributed by atoms with E-state index in [4.69, 9.17) is 4.74 Å². The number of carbonyl (C=O) groups is 1. The molecule has 0 aromatic heterocycles. The van der Waals surface area contributed by atoms with E-state index in [2.05, 4.69) is 56.4 Å². The van der Waals surface area contributed by atoms with Gasteiger partial charge in [0.1, 0.15) is 6.61 Å². The van der Waals surface area contributed by atoms with Crippen LogP contribution in [0.2, 0.25) is 18.6 Å². The summed E-state index contributed by atoms with van der Waals surface area (Å²) in [6.07, 6.45) is 4.12. The normalized spacial score (nSPS) is 13.6. The Bertz CT molecular complexity index is 410. The molecule has 0 aliphatic carbocycles. The molecule has 0 saturated heterocycles. The molecule has 2 nitrogen and oxygen atoms in total. The monoisotopic (exact) mass is 262 g/mol. The third-order valence-electron chi connectivity index (χ3n) is 3.46. The van der Waals surface area contributed by atoms with Gasteiger partial charge < -0.3 is 4.74 Å². The molecule has 0 saturated carbocycles. The van der Waals surface area contributed by atoms with Crippen molar-refractivity contribution in [3.63, 3.8) is 0 Å². The first-order chi connectivity index (χ1) is 8.44. The second-order valence-electron chi connectivity index (χ2n) is 5.11. The zero-order chi connectivity index (χ0) is 13.6. The Kier molecular flexibility index (Phi) is 5.35. The highest BCUT2D eigenvalue weighted by molar-refractivity contribution is 6.91. The summed E-state index contributed by atoms with van der Waals surface area (Å²) in [5.74, 6) is -0.230. The minimum atomic E-state index is -1.49. The quantitative estimate of drug-likeness (QED) is 0.463. The Morgan fingerprint density at radius 3 is 2.50 bits per heavy atom. The number of ether oxygens (including phenoxy) is 1. The highest BCUT2D eigenvalue weighted by Gasteiger charge is 2.28. The molecule has 1 rings (SSSR count). The van der Waals surface area contributed by atoms with Crippen molar-refractivity contribution in [1.82, 2.24) is 0 Å². The average Bonchev–Trinajstić information content (AvgIpc) is 2.35. The first kappa shape index (κ1) is 14.7.